The zero-order valence-corrected chi connectivity index (χ0v) is 12.4. The maximum absolute atomic E-state index is 10.5. The first-order valence-corrected chi connectivity index (χ1v) is 7.23. The van der Waals surface area contributed by atoms with Crippen LogP contribution in [0.5, 0.6) is 0 Å². The minimum atomic E-state index is -0.491. The molecule has 1 aromatic heterocycles. The van der Waals surface area contributed by atoms with Crippen molar-refractivity contribution in [1.29, 1.82) is 0 Å². The highest BCUT2D eigenvalue weighted by atomic mass is 16.3. The normalized spacial score (nSPS) is 12.5. The average molecular weight is 277 g/mol. The summed E-state index contributed by atoms with van der Waals surface area (Å²) < 4.78 is 0. The second-order valence-electron chi connectivity index (χ2n) is 5.55. The summed E-state index contributed by atoms with van der Waals surface area (Å²) >= 11 is 0. The van der Waals surface area contributed by atoms with E-state index in [4.69, 9.17) is 0 Å². The largest absolute Gasteiger partial charge is 0.388 e. The van der Waals surface area contributed by atoms with E-state index < -0.39 is 6.10 Å². The van der Waals surface area contributed by atoms with Gasteiger partial charge in [-0.15, -0.1) is 0 Å². The van der Waals surface area contributed by atoms with Gasteiger partial charge in [0, 0.05) is 18.0 Å². The molecule has 106 valence electrons. The van der Waals surface area contributed by atoms with Crippen LogP contribution in [0.25, 0.3) is 10.9 Å². The molecule has 0 saturated carbocycles. The molecule has 0 aliphatic heterocycles. The fraction of sp³-hybridized carbons (Fsp3) is 0.211. The van der Waals surface area contributed by atoms with Crippen molar-refractivity contribution in [1.82, 2.24) is 4.98 Å². The van der Waals surface area contributed by atoms with Gasteiger partial charge in [-0.1, -0.05) is 36.4 Å². The number of pyridine rings is 1. The van der Waals surface area contributed by atoms with E-state index in [2.05, 4.69) is 37.0 Å². The average Bonchev–Trinajstić information content (AvgIpc) is 2.50. The lowest BCUT2D eigenvalue weighted by atomic mass is 9.96. The summed E-state index contributed by atoms with van der Waals surface area (Å²) in [5.41, 5.74) is 5.54. The number of fused-ring (bicyclic) bond motifs is 1. The van der Waals surface area contributed by atoms with Crippen LogP contribution in [0.1, 0.15) is 28.4 Å². The Labute approximate surface area is 125 Å². The number of aliphatic hydroxyl groups is 1. The van der Waals surface area contributed by atoms with Gasteiger partial charge in [0.2, 0.25) is 0 Å². The number of aliphatic hydroxyl groups excluding tert-OH is 1. The van der Waals surface area contributed by atoms with Crippen molar-refractivity contribution in [3.05, 3.63) is 77.0 Å². The minimum Gasteiger partial charge on any atom is -0.388 e. The maximum atomic E-state index is 10.5. The number of hydrogen-bond donors (Lipinski definition) is 1. The predicted molar refractivity (Wildman–Crippen MR) is 86.3 cm³/mol. The molecule has 0 radical (unpaired) electrons. The molecule has 2 heteroatoms. The number of benzene rings is 2. The lowest BCUT2D eigenvalue weighted by Crippen LogP contribution is -2.03. The van der Waals surface area contributed by atoms with Gasteiger partial charge in [-0.2, -0.15) is 0 Å². The summed E-state index contributed by atoms with van der Waals surface area (Å²) in [5.74, 6) is 0. The van der Waals surface area contributed by atoms with Gasteiger partial charge in [0.25, 0.3) is 0 Å². The van der Waals surface area contributed by atoms with E-state index in [-0.39, 0.29) is 0 Å². The number of rotatable bonds is 3. The Hall–Kier alpha value is -2.19. The van der Waals surface area contributed by atoms with Crippen LogP contribution >= 0.6 is 0 Å². The van der Waals surface area contributed by atoms with Crippen LogP contribution in [0.15, 0.2) is 54.7 Å². The molecular formula is C19H19NO. The molecule has 1 atom stereocenters. The highest BCUT2D eigenvalue weighted by molar-refractivity contribution is 5.81. The Morgan fingerprint density at radius 1 is 1.00 bits per heavy atom. The van der Waals surface area contributed by atoms with E-state index in [9.17, 15) is 5.11 Å². The molecule has 3 aromatic rings. The van der Waals surface area contributed by atoms with Crippen molar-refractivity contribution < 1.29 is 5.11 Å². The standard InChI is InChI=1S/C19H19NO/c1-13-7-8-16(11-14(13)2)19(21)12-15-9-10-20-18-6-4-3-5-17(15)18/h3-11,19,21H,12H2,1-2H3. The lowest BCUT2D eigenvalue weighted by molar-refractivity contribution is 0.179. The predicted octanol–water partition coefficient (Wildman–Crippen LogP) is 4.13. The van der Waals surface area contributed by atoms with Crippen molar-refractivity contribution in [2.75, 3.05) is 0 Å². The maximum Gasteiger partial charge on any atom is 0.0830 e. The first-order chi connectivity index (χ1) is 10.1. The highest BCUT2D eigenvalue weighted by Gasteiger charge is 2.11. The molecule has 0 aliphatic carbocycles. The molecular weight excluding hydrogens is 258 g/mol. The third-order valence-electron chi connectivity index (χ3n) is 4.07. The number of para-hydroxylation sites is 1. The molecule has 0 aliphatic rings. The van der Waals surface area contributed by atoms with Crippen LogP contribution in [-0.4, -0.2) is 10.1 Å². The minimum absolute atomic E-state index is 0.491. The molecule has 3 rings (SSSR count). The van der Waals surface area contributed by atoms with Crippen LogP contribution in [0.2, 0.25) is 0 Å². The number of nitrogens with zero attached hydrogens (tertiary/aromatic N) is 1. The Morgan fingerprint density at radius 3 is 2.62 bits per heavy atom. The monoisotopic (exact) mass is 277 g/mol. The van der Waals surface area contributed by atoms with Gasteiger partial charge in [0.15, 0.2) is 0 Å². The summed E-state index contributed by atoms with van der Waals surface area (Å²) in [7, 11) is 0. The summed E-state index contributed by atoms with van der Waals surface area (Å²) in [4.78, 5) is 4.37. The third-order valence-corrected chi connectivity index (χ3v) is 4.07. The molecule has 0 bridgehead atoms. The Kier molecular flexibility index (Phi) is 3.72. The van der Waals surface area contributed by atoms with Crippen molar-refractivity contribution in [3.8, 4) is 0 Å². The molecule has 1 N–H and O–H groups in total. The van der Waals surface area contributed by atoms with Crippen LogP contribution in [0.3, 0.4) is 0 Å². The summed E-state index contributed by atoms with van der Waals surface area (Å²) in [6.45, 7) is 4.16. The van der Waals surface area contributed by atoms with Crippen LogP contribution in [-0.2, 0) is 6.42 Å². The Bertz CT molecular complexity index is 774. The molecule has 0 fully saturated rings. The number of hydrogen-bond acceptors (Lipinski definition) is 2. The van der Waals surface area contributed by atoms with E-state index in [1.165, 1.54) is 11.1 Å². The van der Waals surface area contributed by atoms with Gasteiger partial charge in [-0.25, -0.2) is 0 Å². The van der Waals surface area contributed by atoms with E-state index in [1.807, 2.05) is 36.5 Å². The van der Waals surface area contributed by atoms with Gasteiger partial charge < -0.3 is 5.11 Å². The zero-order chi connectivity index (χ0) is 14.8. The van der Waals surface area contributed by atoms with Gasteiger partial charge >= 0.3 is 0 Å². The van der Waals surface area contributed by atoms with Crippen molar-refractivity contribution >= 4 is 10.9 Å². The molecule has 2 aromatic carbocycles. The fourth-order valence-corrected chi connectivity index (χ4v) is 2.63. The third kappa shape index (κ3) is 2.81. The van der Waals surface area contributed by atoms with Crippen molar-refractivity contribution in [2.45, 2.75) is 26.4 Å². The topological polar surface area (TPSA) is 33.1 Å². The van der Waals surface area contributed by atoms with Crippen LogP contribution < -0.4 is 0 Å². The zero-order valence-electron chi connectivity index (χ0n) is 12.4. The summed E-state index contributed by atoms with van der Waals surface area (Å²) in [6.07, 6.45) is 1.92. The molecule has 2 nitrogen and oxygen atoms in total. The quantitative estimate of drug-likeness (QED) is 0.781. The van der Waals surface area contributed by atoms with Crippen LogP contribution in [0.4, 0.5) is 0 Å². The highest BCUT2D eigenvalue weighted by Crippen LogP contribution is 2.24. The SMILES string of the molecule is Cc1ccc(C(O)Cc2ccnc3ccccc23)cc1C. The smallest absolute Gasteiger partial charge is 0.0830 e. The van der Waals surface area contributed by atoms with Crippen molar-refractivity contribution in [3.63, 3.8) is 0 Å². The second kappa shape index (κ2) is 5.66. The molecule has 1 heterocycles. The van der Waals surface area contributed by atoms with E-state index in [0.29, 0.717) is 6.42 Å². The van der Waals surface area contributed by atoms with Crippen LogP contribution in [0, 0.1) is 13.8 Å². The molecule has 21 heavy (non-hydrogen) atoms. The Morgan fingerprint density at radius 2 is 1.81 bits per heavy atom. The number of aromatic nitrogens is 1. The van der Waals surface area contributed by atoms with E-state index in [0.717, 1.165) is 22.0 Å². The summed E-state index contributed by atoms with van der Waals surface area (Å²) in [6, 6.07) is 16.2. The Balaban J connectivity index is 1.92. The molecule has 0 spiro atoms. The lowest BCUT2D eigenvalue weighted by Gasteiger charge is -2.14. The first-order valence-electron chi connectivity index (χ1n) is 7.23. The van der Waals surface area contributed by atoms with Gasteiger partial charge in [-0.05, 0) is 48.2 Å². The van der Waals surface area contributed by atoms with Crippen molar-refractivity contribution in [2.24, 2.45) is 0 Å². The van der Waals surface area contributed by atoms with Gasteiger partial charge in [0.05, 0.1) is 11.6 Å². The van der Waals surface area contributed by atoms with E-state index >= 15 is 0 Å². The molecule has 0 amide bonds. The second-order valence-corrected chi connectivity index (χ2v) is 5.55. The van der Waals surface area contributed by atoms with E-state index in [1.54, 1.807) is 0 Å². The molecule has 0 saturated heterocycles. The van der Waals surface area contributed by atoms with Gasteiger partial charge in [-0.3, -0.25) is 4.98 Å². The van der Waals surface area contributed by atoms with Gasteiger partial charge in [0.1, 0.15) is 0 Å². The number of aryl methyl sites for hydroxylation is 2. The fourth-order valence-electron chi connectivity index (χ4n) is 2.63. The summed E-state index contributed by atoms with van der Waals surface area (Å²) in [5, 5.41) is 11.6. The first kappa shape index (κ1) is 13.8. The molecule has 1 unspecified atom stereocenters.